The zero-order valence-corrected chi connectivity index (χ0v) is 24.4. The Balaban J connectivity index is 1.43. The molecule has 1 aliphatic carbocycles. The molecule has 0 saturated heterocycles. The highest BCUT2D eigenvalue weighted by atomic mass is 32.2. The summed E-state index contributed by atoms with van der Waals surface area (Å²) in [7, 11) is -2.30. The first kappa shape index (κ1) is 30.9. The van der Waals surface area contributed by atoms with Crippen LogP contribution in [0, 0.1) is 0 Å². The molecule has 1 aliphatic heterocycles. The first-order valence-corrected chi connectivity index (χ1v) is 15.4. The summed E-state index contributed by atoms with van der Waals surface area (Å²) in [4.78, 5) is 3.98. The second-order valence-corrected chi connectivity index (χ2v) is 12.1. The smallest absolute Gasteiger partial charge is 0.421 e. The summed E-state index contributed by atoms with van der Waals surface area (Å²) >= 11 is 0. The fourth-order valence-corrected chi connectivity index (χ4v) is 5.63. The van der Waals surface area contributed by atoms with Crippen LogP contribution in [0.3, 0.4) is 0 Å². The largest absolute Gasteiger partial charge is 0.487 e. The minimum absolute atomic E-state index is 0.0808. The molecular formula is C29H32F3N3O7S. The number of hydrogen-bond acceptors (Lipinski definition) is 9. The number of ether oxygens (including phenoxy) is 5. The quantitative estimate of drug-likeness (QED) is 0.422. The lowest BCUT2D eigenvalue weighted by atomic mass is 10.1. The van der Waals surface area contributed by atoms with E-state index in [0.29, 0.717) is 62.0 Å². The molecule has 2 aliphatic rings. The number of alkyl halides is 3. The number of nitrogens with zero attached hydrogens (tertiary/aromatic N) is 2. The van der Waals surface area contributed by atoms with Gasteiger partial charge in [-0.15, -0.1) is 0 Å². The Hall–Kier alpha value is -3.59. The molecule has 0 radical (unpaired) electrons. The van der Waals surface area contributed by atoms with Gasteiger partial charge in [0.25, 0.3) is 0 Å². The van der Waals surface area contributed by atoms with Crippen molar-refractivity contribution in [3.63, 3.8) is 0 Å². The highest BCUT2D eigenvalue weighted by molar-refractivity contribution is 7.88. The van der Waals surface area contributed by atoms with E-state index in [2.05, 4.69) is 10.3 Å². The maximum absolute atomic E-state index is 14.1. The van der Waals surface area contributed by atoms with Gasteiger partial charge in [0.2, 0.25) is 10.0 Å². The Morgan fingerprint density at radius 1 is 0.953 bits per heavy atom. The molecule has 0 bridgehead atoms. The molecule has 1 N–H and O–H groups in total. The number of aromatic nitrogens is 1. The Morgan fingerprint density at radius 2 is 1.63 bits per heavy atom. The van der Waals surface area contributed by atoms with Crippen LogP contribution < -0.4 is 19.5 Å². The van der Waals surface area contributed by atoms with Gasteiger partial charge < -0.3 is 29.0 Å². The van der Waals surface area contributed by atoms with Crippen LogP contribution in [0.25, 0.3) is 0 Å². The zero-order chi connectivity index (χ0) is 30.6. The second-order valence-electron chi connectivity index (χ2n) is 10.1. The van der Waals surface area contributed by atoms with Gasteiger partial charge in [0.05, 0.1) is 38.7 Å². The Morgan fingerprint density at radius 3 is 2.33 bits per heavy atom. The molecule has 0 fully saturated rings. The number of hydrogen-bond donors (Lipinski definition) is 1. The van der Waals surface area contributed by atoms with E-state index < -0.39 is 39.7 Å². The Bertz CT molecular complexity index is 1540. The molecule has 232 valence electrons. The summed E-state index contributed by atoms with van der Waals surface area (Å²) < 4.78 is 96.8. The molecule has 0 unspecified atom stereocenters. The normalized spacial score (nSPS) is 19.7. The summed E-state index contributed by atoms with van der Waals surface area (Å²) in [5, 5.41) is 3.00. The number of likely N-dealkylation sites (N-methyl/N-ethyl adjacent to an activating group) is 1. The van der Waals surface area contributed by atoms with Gasteiger partial charge >= 0.3 is 6.18 Å². The minimum atomic E-state index is -4.76. The number of halogens is 3. The predicted molar refractivity (Wildman–Crippen MR) is 152 cm³/mol. The van der Waals surface area contributed by atoms with Crippen LogP contribution in [0.5, 0.6) is 17.2 Å². The van der Waals surface area contributed by atoms with Gasteiger partial charge in [0.15, 0.2) is 11.5 Å². The van der Waals surface area contributed by atoms with Crippen LogP contribution in [0.1, 0.15) is 22.7 Å². The molecule has 2 heterocycles. The zero-order valence-electron chi connectivity index (χ0n) is 23.6. The summed E-state index contributed by atoms with van der Waals surface area (Å²) in [6.45, 7) is 2.14. The van der Waals surface area contributed by atoms with Gasteiger partial charge in [0.1, 0.15) is 36.4 Å². The number of sulfonamides is 1. The molecule has 2 atom stereocenters. The molecular weight excluding hydrogens is 591 g/mol. The first-order chi connectivity index (χ1) is 20.5. The topological polar surface area (TPSA) is 108 Å². The van der Waals surface area contributed by atoms with Gasteiger partial charge in [-0.1, -0.05) is 24.3 Å². The van der Waals surface area contributed by atoms with Crippen molar-refractivity contribution >= 4 is 21.5 Å². The summed E-state index contributed by atoms with van der Waals surface area (Å²) in [5.41, 5.74) is 0.880. The van der Waals surface area contributed by atoms with Crippen LogP contribution in [-0.2, 0) is 32.1 Å². The maximum Gasteiger partial charge on any atom is 0.421 e. The van der Waals surface area contributed by atoms with E-state index in [-0.39, 0.29) is 18.8 Å². The summed E-state index contributed by atoms with van der Waals surface area (Å²) in [6, 6.07) is 12.4. The number of rotatable bonds is 6. The van der Waals surface area contributed by atoms with Crippen LogP contribution in [0.15, 0.2) is 54.7 Å². The third-order valence-corrected chi connectivity index (χ3v) is 8.34. The number of anilines is 2. The molecule has 0 spiro atoms. The third kappa shape index (κ3) is 7.50. The van der Waals surface area contributed by atoms with Crippen molar-refractivity contribution in [2.24, 2.45) is 0 Å². The van der Waals surface area contributed by atoms with Gasteiger partial charge in [-0.25, -0.2) is 13.4 Å². The van der Waals surface area contributed by atoms with Gasteiger partial charge in [-0.3, -0.25) is 0 Å². The van der Waals surface area contributed by atoms with E-state index >= 15 is 0 Å². The molecule has 43 heavy (non-hydrogen) atoms. The van der Waals surface area contributed by atoms with Crippen molar-refractivity contribution < 1.29 is 45.3 Å². The van der Waals surface area contributed by atoms with Gasteiger partial charge in [-0.05, 0) is 23.3 Å². The molecule has 10 nitrogen and oxygen atoms in total. The molecule has 0 amide bonds. The first-order valence-electron chi connectivity index (χ1n) is 13.6. The molecule has 2 aromatic carbocycles. The maximum atomic E-state index is 14.1. The molecule has 14 heteroatoms. The van der Waals surface area contributed by atoms with Crippen molar-refractivity contribution in [2.75, 3.05) is 58.3 Å². The van der Waals surface area contributed by atoms with E-state index in [4.69, 9.17) is 23.7 Å². The standard InChI is InChI=1S/C29H32F3N3O7S/c1-35(43(2,36)37)28-21-6-4-3-5-19(21)15-26(28)42-24-17-27(33-18-22(24)29(30,31)32)34-20-7-8-23-25(16-20)41-14-12-39-10-9-38-11-13-40-23/h3-8,16-18,26,28H,9-15H2,1-2H3,(H,33,34)/t26-,28-/m1/s1. The highest BCUT2D eigenvalue weighted by Crippen LogP contribution is 2.43. The monoisotopic (exact) mass is 623 g/mol. The fraction of sp³-hybridized carbons (Fsp3) is 0.414. The number of fused-ring (bicyclic) bond motifs is 2. The van der Waals surface area contributed by atoms with Crippen molar-refractivity contribution in [3.8, 4) is 17.2 Å². The van der Waals surface area contributed by atoms with Gasteiger partial charge in [-0.2, -0.15) is 17.5 Å². The molecule has 1 aromatic heterocycles. The van der Waals surface area contributed by atoms with E-state index in [1.165, 1.54) is 7.05 Å². The summed E-state index contributed by atoms with van der Waals surface area (Å²) in [6.07, 6.45) is -3.72. The average molecular weight is 624 g/mol. The predicted octanol–water partition coefficient (Wildman–Crippen LogP) is 4.58. The summed E-state index contributed by atoms with van der Waals surface area (Å²) in [5.74, 6) is 0.490. The SMILES string of the molecule is CN([C@@H]1c2ccccc2C[C@H]1Oc1cc(Nc2ccc3c(c2)OCCOCCOCCO3)ncc1C(F)(F)F)S(C)(=O)=O. The van der Waals surface area contributed by atoms with E-state index in [1.54, 1.807) is 36.4 Å². The van der Waals surface area contributed by atoms with E-state index in [0.717, 1.165) is 22.2 Å². The number of pyridine rings is 1. The van der Waals surface area contributed by atoms with Crippen LogP contribution in [0.2, 0.25) is 0 Å². The van der Waals surface area contributed by atoms with Crippen LogP contribution in [-0.4, -0.2) is 76.8 Å². The fourth-order valence-electron chi connectivity index (χ4n) is 4.97. The van der Waals surface area contributed by atoms with Crippen LogP contribution in [0.4, 0.5) is 24.7 Å². The Kier molecular flexibility index (Phi) is 9.30. The Labute approximate surface area is 247 Å². The molecule has 0 saturated carbocycles. The third-order valence-electron chi connectivity index (χ3n) is 7.07. The van der Waals surface area contributed by atoms with Crippen molar-refractivity contribution in [1.82, 2.24) is 9.29 Å². The minimum Gasteiger partial charge on any atom is -0.487 e. The van der Waals surface area contributed by atoms with Gasteiger partial charge in [0, 0.05) is 37.5 Å². The van der Waals surface area contributed by atoms with Crippen molar-refractivity contribution in [1.29, 1.82) is 0 Å². The number of nitrogens with one attached hydrogen (secondary N) is 1. The molecule has 3 aromatic rings. The van der Waals surface area contributed by atoms with Crippen molar-refractivity contribution in [3.05, 3.63) is 71.4 Å². The number of benzene rings is 2. The van der Waals surface area contributed by atoms with Crippen molar-refractivity contribution in [2.45, 2.75) is 24.7 Å². The highest BCUT2D eigenvalue weighted by Gasteiger charge is 2.42. The average Bonchev–Trinajstić information content (AvgIpc) is 3.30. The van der Waals surface area contributed by atoms with E-state index in [9.17, 15) is 21.6 Å². The lowest BCUT2D eigenvalue weighted by molar-refractivity contribution is -0.139. The lowest BCUT2D eigenvalue weighted by Gasteiger charge is -2.29. The lowest BCUT2D eigenvalue weighted by Crippen LogP contribution is -2.38. The molecule has 5 rings (SSSR count). The van der Waals surface area contributed by atoms with E-state index in [1.807, 2.05) is 6.07 Å². The van der Waals surface area contributed by atoms with Crippen LogP contribution >= 0.6 is 0 Å². The second kappa shape index (κ2) is 13.0.